The topological polar surface area (TPSA) is 0 Å². The molecule has 110 valence electrons. The first-order valence-corrected chi connectivity index (χ1v) is 7.59. The van der Waals surface area contributed by atoms with Gasteiger partial charge in [-0.15, -0.1) is 0 Å². The highest BCUT2D eigenvalue weighted by atomic mass is 14.2. The lowest BCUT2D eigenvalue weighted by Gasteiger charge is -2.21. The van der Waals surface area contributed by atoms with Gasteiger partial charge in [0.25, 0.3) is 0 Å². The van der Waals surface area contributed by atoms with Gasteiger partial charge in [-0.25, -0.2) is 0 Å². The van der Waals surface area contributed by atoms with Gasteiger partial charge in [0.1, 0.15) is 0 Å². The molecule has 0 radical (unpaired) electrons. The van der Waals surface area contributed by atoms with Crippen LogP contribution >= 0.6 is 0 Å². The minimum atomic E-state index is 1.17. The van der Waals surface area contributed by atoms with Crippen LogP contribution in [0.25, 0.3) is 11.6 Å². The second-order valence-electron chi connectivity index (χ2n) is 5.08. The van der Waals surface area contributed by atoms with Gasteiger partial charge in [0.05, 0.1) is 0 Å². The Balaban J connectivity index is 0.000000188. The maximum atomic E-state index is 3.68. The van der Waals surface area contributed by atoms with E-state index in [1.807, 2.05) is 48.6 Å². The Morgan fingerprint density at radius 3 is 1.86 bits per heavy atom. The number of allylic oxidation sites excluding steroid dienone is 5. The van der Waals surface area contributed by atoms with Crippen LogP contribution in [0.1, 0.15) is 24.0 Å². The quantitative estimate of drug-likeness (QED) is 0.578. The molecule has 0 unspecified atom stereocenters. The van der Waals surface area contributed by atoms with Gasteiger partial charge in [-0.05, 0) is 35.1 Å². The van der Waals surface area contributed by atoms with Gasteiger partial charge in [-0.3, -0.25) is 0 Å². The first kappa shape index (κ1) is 15.8. The van der Waals surface area contributed by atoms with E-state index in [1.165, 1.54) is 35.1 Å². The maximum Gasteiger partial charge on any atom is -0.0222 e. The lowest BCUT2D eigenvalue weighted by molar-refractivity contribution is 0.934. The van der Waals surface area contributed by atoms with Gasteiger partial charge in [0.2, 0.25) is 0 Å². The smallest absolute Gasteiger partial charge is 0.0222 e. The molecule has 0 aromatic heterocycles. The van der Waals surface area contributed by atoms with E-state index >= 15 is 0 Å². The summed E-state index contributed by atoms with van der Waals surface area (Å²) < 4.78 is 0. The summed E-state index contributed by atoms with van der Waals surface area (Å²) in [5.41, 5.74) is 5.48. The molecule has 0 saturated heterocycles. The van der Waals surface area contributed by atoms with Crippen LogP contribution in [0.5, 0.6) is 0 Å². The van der Waals surface area contributed by atoms with Crippen LogP contribution in [-0.4, -0.2) is 0 Å². The Bertz CT molecular complexity index is 658. The Kier molecular flexibility index (Phi) is 6.19. The van der Waals surface area contributed by atoms with Gasteiger partial charge in [0.15, 0.2) is 0 Å². The fourth-order valence-electron chi connectivity index (χ4n) is 2.32. The minimum Gasteiger partial charge on any atom is -0.0991 e. The van der Waals surface area contributed by atoms with Crippen molar-refractivity contribution in [1.82, 2.24) is 0 Å². The van der Waals surface area contributed by atoms with Crippen molar-refractivity contribution >= 4 is 11.6 Å². The van der Waals surface area contributed by atoms with E-state index in [0.29, 0.717) is 0 Å². The highest BCUT2D eigenvalue weighted by Gasteiger charge is 2.15. The summed E-state index contributed by atoms with van der Waals surface area (Å²) in [7, 11) is 0. The fraction of sp³-hybridized carbons (Fsp3) is 0.0909. The van der Waals surface area contributed by atoms with Gasteiger partial charge >= 0.3 is 0 Å². The van der Waals surface area contributed by atoms with Crippen molar-refractivity contribution in [3.8, 4) is 0 Å². The van der Waals surface area contributed by atoms with E-state index in [-0.39, 0.29) is 0 Å². The molecule has 0 bridgehead atoms. The zero-order chi connectivity index (χ0) is 15.6. The molecule has 0 spiro atoms. The maximum absolute atomic E-state index is 3.68. The van der Waals surface area contributed by atoms with Crippen LogP contribution in [0.2, 0.25) is 0 Å². The average Bonchev–Trinajstić information content (AvgIpc) is 2.56. The van der Waals surface area contributed by atoms with Crippen LogP contribution in [0.3, 0.4) is 0 Å². The van der Waals surface area contributed by atoms with Crippen molar-refractivity contribution in [2.45, 2.75) is 12.8 Å². The standard InChI is InChI=1S/C14H14.C8H8/c1-2-3-7-13-10-11-14(13)12-8-5-4-6-9-12;1-2-8-6-4-3-5-7-8/h2-9H,1,10-11H2;2-7H,1H2. The Hall–Kier alpha value is -2.60. The predicted molar refractivity (Wildman–Crippen MR) is 98.5 cm³/mol. The van der Waals surface area contributed by atoms with Crippen LogP contribution in [0.4, 0.5) is 0 Å². The van der Waals surface area contributed by atoms with Crippen LogP contribution in [-0.2, 0) is 0 Å². The van der Waals surface area contributed by atoms with Crippen LogP contribution in [0, 0.1) is 0 Å². The second-order valence-corrected chi connectivity index (χ2v) is 5.08. The number of hydrogen-bond donors (Lipinski definition) is 0. The molecule has 0 heterocycles. The lowest BCUT2D eigenvalue weighted by atomic mass is 9.83. The van der Waals surface area contributed by atoms with Crippen molar-refractivity contribution < 1.29 is 0 Å². The summed E-state index contributed by atoms with van der Waals surface area (Å²) in [5, 5.41) is 0. The molecule has 0 saturated carbocycles. The van der Waals surface area contributed by atoms with Crippen molar-refractivity contribution in [3.63, 3.8) is 0 Å². The van der Waals surface area contributed by atoms with Crippen LogP contribution < -0.4 is 0 Å². The van der Waals surface area contributed by atoms with Crippen LogP contribution in [0.15, 0.2) is 97.6 Å². The van der Waals surface area contributed by atoms with Crippen molar-refractivity contribution in [1.29, 1.82) is 0 Å². The van der Waals surface area contributed by atoms with E-state index in [2.05, 4.69) is 49.6 Å². The molecule has 0 amide bonds. The zero-order valence-electron chi connectivity index (χ0n) is 12.9. The summed E-state index contributed by atoms with van der Waals surface area (Å²) in [6.45, 7) is 7.31. The molecule has 1 aliphatic rings. The average molecular weight is 286 g/mol. The Morgan fingerprint density at radius 1 is 0.773 bits per heavy atom. The van der Waals surface area contributed by atoms with Crippen molar-refractivity contribution in [3.05, 3.63) is 109 Å². The van der Waals surface area contributed by atoms with Gasteiger partial charge in [-0.2, -0.15) is 0 Å². The van der Waals surface area contributed by atoms with Crippen molar-refractivity contribution in [2.24, 2.45) is 0 Å². The monoisotopic (exact) mass is 286 g/mol. The largest absolute Gasteiger partial charge is 0.0991 e. The normalized spacial score (nSPS) is 13.1. The van der Waals surface area contributed by atoms with Gasteiger partial charge in [0, 0.05) is 0 Å². The molecule has 0 heteroatoms. The third-order valence-corrected chi connectivity index (χ3v) is 3.62. The molecule has 22 heavy (non-hydrogen) atoms. The van der Waals surface area contributed by atoms with E-state index < -0.39 is 0 Å². The molecule has 1 aliphatic carbocycles. The molecular formula is C22H22. The lowest BCUT2D eigenvalue weighted by Crippen LogP contribution is -2.00. The zero-order valence-corrected chi connectivity index (χ0v) is 12.9. The van der Waals surface area contributed by atoms with Crippen molar-refractivity contribution in [2.75, 3.05) is 0 Å². The summed E-state index contributed by atoms with van der Waals surface area (Å²) in [4.78, 5) is 0. The summed E-state index contributed by atoms with van der Waals surface area (Å²) >= 11 is 0. The highest BCUT2D eigenvalue weighted by molar-refractivity contribution is 5.76. The third-order valence-electron chi connectivity index (χ3n) is 3.62. The van der Waals surface area contributed by atoms with Gasteiger partial charge in [-0.1, -0.05) is 98.1 Å². The fourth-order valence-corrected chi connectivity index (χ4v) is 2.32. The SMILES string of the molecule is C=CC=CC1=C(c2ccccc2)CC1.C=Cc1ccccc1. The van der Waals surface area contributed by atoms with Gasteiger partial charge < -0.3 is 0 Å². The number of hydrogen-bond acceptors (Lipinski definition) is 0. The number of benzene rings is 2. The first-order chi connectivity index (χ1) is 10.8. The Morgan fingerprint density at radius 2 is 1.41 bits per heavy atom. The summed E-state index contributed by atoms with van der Waals surface area (Å²) in [6.07, 6.45) is 10.2. The summed E-state index contributed by atoms with van der Waals surface area (Å²) in [6, 6.07) is 20.6. The van der Waals surface area contributed by atoms with E-state index in [9.17, 15) is 0 Å². The first-order valence-electron chi connectivity index (χ1n) is 7.59. The molecule has 0 fully saturated rings. The molecule has 0 N–H and O–H groups in total. The summed E-state index contributed by atoms with van der Waals surface area (Å²) in [5.74, 6) is 0. The second kappa shape index (κ2) is 8.63. The Labute approximate surface area is 133 Å². The van der Waals surface area contributed by atoms with E-state index in [1.54, 1.807) is 0 Å². The molecule has 0 aliphatic heterocycles. The third kappa shape index (κ3) is 4.46. The molecule has 0 atom stereocenters. The predicted octanol–water partition coefficient (Wildman–Crippen LogP) is 6.31. The molecule has 3 rings (SSSR count). The molecule has 2 aromatic rings. The van der Waals surface area contributed by atoms with E-state index in [0.717, 1.165) is 0 Å². The van der Waals surface area contributed by atoms with E-state index in [4.69, 9.17) is 0 Å². The highest BCUT2D eigenvalue weighted by Crippen LogP contribution is 2.36. The molecule has 0 nitrogen and oxygen atoms in total. The molecular weight excluding hydrogens is 264 g/mol. The minimum absolute atomic E-state index is 1.17. The number of rotatable bonds is 4. The molecule has 2 aromatic carbocycles.